The molecule has 1 N–H and O–H groups in total. The van der Waals surface area contributed by atoms with E-state index in [9.17, 15) is 9.59 Å². The molecule has 0 aromatic rings. The summed E-state index contributed by atoms with van der Waals surface area (Å²) in [7, 11) is 2.09. The number of carbonyl (C=O) groups excluding carboxylic acids is 2. The Hall–Kier alpha value is -1.10. The van der Waals surface area contributed by atoms with E-state index in [1.807, 2.05) is 4.90 Å². The van der Waals surface area contributed by atoms with Gasteiger partial charge in [0.1, 0.15) is 6.04 Å². The van der Waals surface area contributed by atoms with Gasteiger partial charge in [-0.15, -0.1) is 0 Å². The van der Waals surface area contributed by atoms with Gasteiger partial charge >= 0.3 is 0 Å². The molecule has 108 valence electrons. The Balaban J connectivity index is 2.01. The third-order valence-electron chi connectivity index (χ3n) is 4.41. The van der Waals surface area contributed by atoms with Gasteiger partial charge in [-0.25, -0.2) is 0 Å². The number of hydrogen-bond acceptors (Lipinski definition) is 3. The average molecular weight is 267 g/mol. The van der Waals surface area contributed by atoms with Gasteiger partial charge in [0.25, 0.3) is 0 Å². The van der Waals surface area contributed by atoms with Crippen LogP contribution in [-0.4, -0.2) is 59.9 Å². The molecular formula is C14H25N3O2. The van der Waals surface area contributed by atoms with E-state index in [-0.39, 0.29) is 23.4 Å². The molecule has 2 rings (SSSR count). The number of nitrogens with zero attached hydrogens (tertiary/aromatic N) is 2. The van der Waals surface area contributed by atoms with Gasteiger partial charge in [-0.3, -0.25) is 14.5 Å². The van der Waals surface area contributed by atoms with E-state index in [0.29, 0.717) is 6.42 Å². The van der Waals surface area contributed by atoms with E-state index in [2.05, 4.69) is 31.1 Å². The van der Waals surface area contributed by atoms with Crippen molar-refractivity contribution < 1.29 is 9.59 Å². The number of amides is 2. The van der Waals surface area contributed by atoms with Gasteiger partial charge in [0, 0.05) is 31.6 Å². The smallest absolute Gasteiger partial charge is 0.245 e. The SMILES string of the molecule is CN1CCN(C(=O)C2CCCCC(=O)N2)CC1(C)C. The van der Waals surface area contributed by atoms with E-state index in [1.165, 1.54) is 0 Å². The van der Waals surface area contributed by atoms with Crippen LogP contribution in [0.4, 0.5) is 0 Å². The van der Waals surface area contributed by atoms with Crippen LogP contribution in [0.15, 0.2) is 0 Å². The highest BCUT2D eigenvalue weighted by atomic mass is 16.2. The van der Waals surface area contributed by atoms with Crippen molar-refractivity contribution in [3.05, 3.63) is 0 Å². The lowest BCUT2D eigenvalue weighted by atomic mass is 9.98. The summed E-state index contributed by atoms with van der Waals surface area (Å²) in [5.74, 6) is 0.112. The third kappa shape index (κ3) is 3.26. The monoisotopic (exact) mass is 267 g/mol. The molecule has 0 bridgehead atoms. The van der Waals surface area contributed by atoms with Crippen LogP contribution >= 0.6 is 0 Å². The standard InChI is InChI=1S/C14H25N3O2/c1-14(2)10-17(9-8-16(14)3)13(19)11-6-4-5-7-12(18)15-11/h11H,4-10H2,1-3H3,(H,15,18). The zero-order chi connectivity index (χ0) is 14.0. The quantitative estimate of drug-likeness (QED) is 0.757. The molecule has 2 heterocycles. The summed E-state index contributed by atoms with van der Waals surface area (Å²) in [6.45, 7) is 6.68. The molecular weight excluding hydrogens is 242 g/mol. The van der Waals surface area contributed by atoms with Gasteiger partial charge in [0.05, 0.1) is 0 Å². The van der Waals surface area contributed by atoms with Crippen LogP contribution in [-0.2, 0) is 9.59 Å². The lowest BCUT2D eigenvalue weighted by Gasteiger charge is -2.46. The molecule has 1 unspecified atom stereocenters. The molecule has 2 fully saturated rings. The molecule has 0 saturated carbocycles. The fourth-order valence-electron chi connectivity index (χ4n) is 2.81. The van der Waals surface area contributed by atoms with Crippen LogP contribution in [0.5, 0.6) is 0 Å². The minimum Gasteiger partial charge on any atom is -0.344 e. The van der Waals surface area contributed by atoms with Crippen molar-refractivity contribution in [2.24, 2.45) is 0 Å². The van der Waals surface area contributed by atoms with E-state index in [0.717, 1.165) is 38.9 Å². The molecule has 0 spiro atoms. The van der Waals surface area contributed by atoms with Crippen LogP contribution in [0.3, 0.4) is 0 Å². The van der Waals surface area contributed by atoms with Crippen molar-refractivity contribution in [3.63, 3.8) is 0 Å². The summed E-state index contributed by atoms with van der Waals surface area (Å²) in [6.07, 6.45) is 3.17. The summed E-state index contributed by atoms with van der Waals surface area (Å²) < 4.78 is 0. The number of hydrogen-bond donors (Lipinski definition) is 1. The molecule has 0 aliphatic carbocycles. The second-order valence-corrected chi connectivity index (χ2v) is 6.36. The molecule has 2 saturated heterocycles. The van der Waals surface area contributed by atoms with Gasteiger partial charge in [-0.1, -0.05) is 6.42 Å². The minimum absolute atomic E-state index is 0.00263. The molecule has 2 amide bonds. The highest BCUT2D eigenvalue weighted by Gasteiger charge is 2.36. The molecule has 2 aliphatic heterocycles. The zero-order valence-electron chi connectivity index (χ0n) is 12.2. The molecule has 0 radical (unpaired) electrons. The van der Waals surface area contributed by atoms with Crippen molar-refractivity contribution in [2.45, 2.75) is 51.1 Å². The van der Waals surface area contributed by atoms with Crippen LogP contribution in [0.1, 0.15) is 39.5 Å². The third-order valence-corrected chi connectivity index (χ3v) is 4.41. The Labute approximate surface area is 115 Å². The van der Waals surface area contributed by atoms with Gasteiger partial charge in [-0.05, 0) is 33.7 Å². The minimum atomic E-state index is -0.311. The lowest BCUT2D eigenvalue weighted by molar-refractivity contribution is -0.140. The Bertz CT molecular complexity index is 368. The molecule has 5 heteroatoms. The maximum Gasteiger partial charge on any atom is 0.245 e. The molecule has 0 aromatic carbocycles. The number of likely N-dealkylation sites (N-methyl/N-ethyl adjacent to an activating group) is 1. The predicted octanol–water partition coefficient (Wildman–Crippen LogP) is 0.598. The number of piperazine rings is 1. The van der Waals surface area contributed by atoms with Crippen molar-refractivity contribution in [1.82, 2.24) is 15.1 Å². The van der Waals surface area contributed by atoms with Gasteiger partial charge in [0.2, 0.25) is 11.8 Å². The summed E-state index contributed by atoms with van der Waals surface area (Å²) in [6, 6.07) is -0.311. The second kappa shape index (κ2) is 5.49. The molecule has 5 nitrogen and oxygen atoms in total. The summed E-state index contributed by atoms with van der Waals surface area (Å²) in [5.41, 5.74) is 0.00263. The van der Waals surface area contributed by atoms with E-state index >= 15 is 0 Å². The Morgan fingerprint density at radius 3 is 2.74 bits per heavy atom. The fraction of sp³-hybridized carbons (Fsp3) is 0.857. The summed E-state index contributed by atoms with van der Waals surface area (Å²) in [4.78, 5) is 28.3. The summed E-state index contributed by atoms with van der Waals surface area (Å²) in [5, 5.41) is 2.87. The topological polar surface area (TPSA) is 52.7 Å². The predicted molar refractivity (Wildman–Crippen MR) is 73.7 cm³/mol. The number of rotatable bonds is 1. The first-order valence-electron chi connectivity index (χ1n) is 7.19. The normalized spacial score (nSPS) is 28.7. The largest absolute Gasteiger partial charge is 0.344 e. The Kier molecular flexibility index (Phi) is 4.13. The first kappa shape index (κ1) is 14.3. The van der Waals surface area contributed by atoms with Gasteiger partial charge in [-0.2, -0.15) is 0 Å². The molecule has 2 aliphatic rings. The highest BCUT2D eigenvalue weighted by molar-refractivity contribution is 5.88. The fourth-order valence-corrected chi connectivity index (χ4v) is 2.81. The Morgan fingerprint density at radius 1 is 1.32 bits per heavy atom. The zero-order valence-corrected chi connectivity index (χ0v) is 12.2. The highest BCUT2D eigenvalue weighted by Crippen LogP contribution is 2.20. The van der Waals surface area contributed by atoms with E-state index in [4.69, 9.17) is 0 Å². The van der Waals surface area contributed by atoms with E-state index < -0.39 is 0 Å². The number of nitrogens with one attached hydrogen (secondary N) is 1. The average Bonchev–Trinajstić information content (AvgIpc) is 2.56. The first-order valence-corrected chi connectivity index (χ1v) is 7.19. The van der Waals surface area contributed by atoms with Crippen LogP contribution in [0.25, 0.3) is 0 Å². The van der Waals surface area contributed by atoms with Gasteiger partial charge < -0.3 is 10.2 Å². The van der Waals surface area contributed by atoms with E-state index in [1.54, 1.807) is 0 Å². The van der Waals surface area contributed by atoms with Gasteiger partial charge in [0.15, 0.2) is 0 Å². The molecule has 0 aromatic heterocycles. The molecule has 19 heavy (non-hydrogen) atoms. The molecule has 1 atom stereocenters. The number of carbonyl (C=O) groups is 2. The van der Waals surface area contributed by atoms with Crippen molar-refractivity contribution in [3.8, 4) is 0 Å². The van der Waals surface area contributed by atoms with Crippen molar-refractivity contribution >= 4 is 11.8 Å². The summed E-state index contributed by atoms with van der Waals surface area (Å²) >= 11 is 0. The Morgan fingerprint density at radius 2 is 2.05 bits per heavy atom. The van der Waals surface area contributed by atoms with Crippen molar-refractivity contribution in [2.75, 3.05) is 26.7 Å². The van der Waals surface area contributed by atoms with Crippen LogP contribution < -0.4 is 5.32 Å². The van der Waals surface area contributed by atoms with Crippen molar-refractivity contribution in [1.29, 1.82) is 0 Å². The first-order chi connectivity index (χ1) is 8.90. The van der Waals surface area contributed by atoms with Crippen LogP contribution in [0, 0.1) is 0 Å². The second-order valence-electron chi connectivity index (χ2n) is 6.36. The maximum atomic E-state index is 12.5. The van der Waals surface area contributed by atoms with Crippen LogP contribution in [0.2, 0.25) is 0 Å². The maximum absolute atomic E-state index is 12.5. The lowest BCUT2D eigenvalue weighted by Crippen LogP contribution is -2.61.